The first-order chi connectivity index (χ1) is 15.6. The first-order valence-electron chi connectivity index (χ1n) is 10.5. The second-order valence-electron chi connectivity index (χ2n) is 7.86. The average molecular weight is 499 g/mol. The number of thioether (sulfide) groups is 1. The van der Waals surface area contributed by atoms with Crippen LogP contribution in [0.3, 0.4) is 0 Å². The molecule has 182 valence electrons. The minimum atomic E-state index is -3.97. The Bertz CT molecular complexity index is 982. The van der Waals surface area contributed by atoms with Gasteiger partial charge in [0.15, 0.2) is 0 Å². The lowest BCUT2D eigenvalue weighted by Gasteiger charge is -2.43. The predicted molar refractivity (Wildman–Crippen MR) is 124 cm³/mol. The minimum absolute atomic E-state index is 0.0344. The Morgan fingerprint density at radius 3 is 2.58 bits per heavy atom. The number of hydroxylamine groups is 1. The van der Waals surface area contributed by atoms with Crippen LogP contribution in [0.15, 0.2) is 29.2 Å². The number of unbranched alkanes of at least 4 members (excludes halogenated alkanes) is 2. The van der Waals surface area contributed by atoms with Crippen LogP contribution in [0.2, 0.25) is 0 Å². The lowest BCUT2D eigenvalue weighted by atomic mass is 10.0. The number of carbonyl (C=O) groups excluding carboxylic acids is 2. The van der Waals surface area contributed by atoms with Crippen molar-refractivity contribution in [3.8, 4) is 17.6 Å². The highest BCUT2D eigenvalue weighted by atomic mass is 32.2. The highest BCUT2D eigenvalue weighted by Gasteiger charge is 2.48. The zero-order chi connectivity index (χ0) is 24.5. The van der Waals surface area contributed by atoms with Gasteiger partial charge in [0.1, 0.15) is 18.4 Å². The number of hydrogen-bond acceptors (Lipinski definition) is 8. The molecule has 1 heterocycles. The molecule has 1 amide bonds. The van der Waals surface area contributed by atoms with E-state index in [9.17, 15) is 18.0 Å². The second-order valence-corrected chi connectivity index (χ2v) is 11.5. The molecule has 1 aliphatic rings. The summed E-state index contributed by atoms with van der Waals surface area (Å²) in [6, 6.07) is 4.88. The molecule has 2 N–H and O–H groups in total. The Balaban J connectivity index is 1.95. The normalized spacial score (nSPS) is 18.0. The molecule has 0 spiro atoms. The van der Waals surface area contributed by atoms with E-state index in [4.69, 9.17) is 14.7 Å². The summed E-state index contributed by atoms with van der Waals surface area (Å²) in [7, 11) is -3.97. The third kappa shape index (κ3) is 7.64. The van der Waals surface area contributed by atoms with E-state index in [-0.39, 0.29) is 24.0 Å². The average Bonchev–Trinajstić information content (AvgIpc) is 2.76. The van der Waals surface area contributed by atoms with Gasteiger partial charge in [-0.05, 0) is 51.0 Å². The largest absolute Gasteiger partial charge is 0.481 e. The zero-order valence-electron chi connectivity index (χ0n) is 19.0. The van der Waals surface area contributed by atoms with E-state index in [0.29, 0.717) is 24.5 Å². The van der Waals surface area contributed by atoms with Gasteiger partial charge in [-0.1, -0.05) is 11.8 Å². The number of carbonyl (C=O) groups is 2. The Morgan fingerprint density at radius 2 is 1.94 bits per heavy atom. The summed E-state index contributed by atoms with van der Waals surface area (Å²) in [6.45, 7) is 5.63. The predicted octanol–water partition coefficient (Wildman–Crippen LogP) is 2.19. The molecule has 0 aliphatic carbocycles. The van der Waals surface area contributed by atoms with E-state index in [1.807, 2.05) is 0 Å². The SMILES string of the molecule is CC(=O)OCCCCC#CCOc1ccc(S(=O)(=O)N2CCSC(C)(C)C2C(=O)NO)cc1. The van der Waals surface area contributed by atoms with Crippen LogP contribution in [-0.4, -0.2) is 66.1 Å². The fourth-order valence-corrected chi connectivity index (χ4v) is 6.46. The molecule has 1 aromatic carbocycles. The highest BCUT2D eigenvalue weighted by molar-refractivity contribution is 8.00. The number of amides is 1. The monoisotopic (exact) mass is 498 g/mol. The van der Waals surface area contributed by atoms with Gasteiger partial charge in [0.2, 0.25) is 10.0 Å². The molecule has 1 unspecified atom stereocenters. The fourth-order valence-electron chi connectivity index (χ4n) is 3.35. The number of nitrogens with one attached hydrogen (secondary N) is 1. The quantitative estimate of drug-likeness (QED) is 0.175. The van der Waals surface area contributed by atoms with Crippen LogP contribution < -0.4 is 10.2 Å². The number of sulfonamides is 1. The van der Waals surface area contributed by atoms with E-state index in [0.717, 1.165) is 17.1 Å². The standard InChI is InChI=1S/C22H30N2O7S2/c1-17(25)30-14-7-5-4-6-8-15-31-18-9-11-19(12-10-18)33(28,29)24-13-16-32-22(2,3)20(24)21(26)23-27/h9-12,20,27H,4-5,7,13-16H2,1-3H3,(H,23,26). The van der Waals surface area contributed by atoms with Crippen molar-refractivity contribution in [2.45, 2.75) is 55.7 Å². The molecule has 1 atom stereocenters. The van der Waals surface area contributed by atoms with E-state index in [2.05, 4.69) is 11.8 Å². The van der Waals surface area contributed by atoms with Crippen LogP contribution in [-0.2, 0) is 24.3 Å². The lowest BCUT2D eigenvalue weighted by molar-refractivity contribution is -0.141. The number of ether oxygens (including phenoxy) is 2. The zero-order valence-corrected chi connectivity index (χ0v) is 20.6. The van der Waals surface area contributed by atoms with Gasteiger partial charge in [0, 0.05) is 30.4 Å². The van der Waals surface area contributed by atoms with Crippen LogP contribution in [0, 0.1) is 11.8 Å². The number of hydrogen-bond donors (Lipinski definition) is 2. The molecule has 1 aliphatic heterocycles. The van der Waals surface area contributed by atoms with Crippen LogP contribution in [0.5, 0.6) is 5.75 Å². The summed E-state index contributed by atoms with van der Waals surface area (Å²) in [5, 5.41) is 9.13. The van der Waals surface area contributed by atoms with Gasteiger partial charge < -0.3 is 9.47 Å². The van der Waals surface area contributed by atoms with Crippen molar-refractivity contribution in [2.75, 3.05) is 25.5 Å². The fraction of sp³-hybridized carbons (Fsp3) is 0.545. The molecular formula is C22H30N2O7S2. The van der Waals surface area contributed by atoms with Crippen molar-refractivity contribution in [3.63, 3.8) is 0 Å². The summed E-state index contributed by atoms with van der Waals surface area (Å²) in [4.78, 5) is 23.0. The first kappa shape index (κ1) is 27.0. The maximum atomic E-state index is 13.2. The maximum Gasteiger partial charge on any atom is 0.302 e. The van der Waals surface area contributed by atoms with Crippen molar-refractivity contribution >= 4 is 33.7 Å². The third-order valence-corrected chi connectivity index (χ3v) is 8.19. The van der Waals surface area contributed by atoms with Gasteiger partial charge in [-0.2, -0.15) is 16.1 Å². The molecule has 0 bridgehead atoms. The Kier molecular flexibility index (Phi) is 10.0. The van der Waals surface area contributed by atoms with Gasteiger partial charge in [-0.15, -0.1) is 0 Å². The summed E-state index contributed by atoms with van der Waals surface area (Å²) in [5.41, 5.74) is 1.59. The molecule has 33 heavy (non-hydrogen) atoms. The van der Waals surface area contributed by atoms with Crippen molar-refractivity contribution in [1.29, 1.82) is 0 Å². The molecule has 0 radical (unpaired) electrons. The van der Waals surface area contributed by atoms with Crippen molar-refractivity contribution in [3.05, 3.63) is 24.3 Å². The van der Waals surface area contributed by atoms with Crippen LogP contribution in [0.25, 0.3) is 0 Å². The molecule has 1 aromatic rings. The number of esters is 1. The summed E-state index contributed by atoms with van der Waals surface area (Å²) in [5.74, 6) is 5.81. The van der Waals surface area contributed by atoms with Gasteiger partial charge in [0.05, 0.1) is 11.5 Å². The maximum absolute atomic E-state index is 13.2. The molecular weight excluding hydrogens is 468 g/mol. The van der Waals surface area contributed by atoms with Gasteiger partial charge in [-0.25, -0.2) is 13.9 Å². The summed E-state index contributed by atoms with van der Waals surface area (Å²) in [6.07, 6.45) is 2.22. The van der Waals surface area contributed by atoms with Crippen LogP contribution >= 0.6 is 11.8 Å². The lowest BCUT2D eigenvalue weighted by Crippen LogP contribution is -2.61. The topological polar surface area (TPSA) is 122 Å². The van der Waals surface area contributed by atoms with Crippen molar-refractivity contribution < 1.29 is 32.7 Å². The van der Waals surface area contributed by atoms with Crippen molar-refractivity contribution in [1.82, 2.24) is 9.79 Å². The molecule has 0 saturated carbocycles. The first-order valence-corrected chi connectivity index (χ1v) is 12.9. The molecule has 1 saturated heterocycles. The van der Waals surface area contributed by atoms with Gasteiger partial charge >= 0.3 is 5.97 Å². The highest BCUT2D eigenvalue weighted by Crippen LogP contribution is 2.38. The molecule has 9 nitrogen and oxygen atoms in total. The number of nitrogens with zero attached hydrogens (tertiary/aromatic N) is 1. The van der Waals surface area contributed by atoms with Crippen molar-refractivity contribution in [2.24, 2.45) is 0 Å². The molecule has 0 aromatic heterocycles. The summed E-state index contributed by atoms with van der Waals surface area (Å²) >= 11 is 1.48. The molecule has 2 rings (SSSR count). The smallest absolute Gasteiger partial charge is 0.302 e. The second kappa shape index (κ2) is 12.3. The Hall–Kier alpha value is -2.26. The van der Waals surface area contributed by atoms with Gasteiger partial charge in [-0.3, -0.25) is 14.8 Å². The number of rotatable bonds is 9. The third-order valence-electron chi connectivity index (χ3n) is 4.96. The van der Waals surface area contributed by atoms with E-state index in [1.165, 1.54) is 30.8 Å². The minimum Gasteiger partial charge on any atom is -0.481 e. The van der Waals surface area contributed by atoms with E-state index in [1.54, 1.807) is 31.5 Å². The van der Waals surface area contributed by atoms with Gasteiger partial charge in [0.25, 0.3) is 5.91 Å². The van der Waals surface area contributed by atoms with Crippen LogP contribution in [0.4, 0.5) is 0 Å². The summed E-state index contributed by atoms with van der Waals surface area (Å²) < 4.78 is 37.3. The Labute approximate surface area is 199 Å². The molecule has 11 heteroatoms. The van der Waals surface area contributed by atoms with Crippen LogP contribution in [0.1, 0.15) is 40.0 Å². The van der Waals surface area contributed by atoms with E-state index < -0.39 is 26.7 Å². The number of benzene rings is 1. The Morgan fingerprint density at radius 1 is 1.24 bits per heavy atom. The van der Waals surface area contributed by atoms with E-state index >= 15 is 0 Å². The molecule has 1 fully saturated rings.